The van der Waals surface area contributed by atoms with E-state index in [1.165, 1.54) is 103 Å². The number of hydrogen-bond acceptors (Lipinski definition) is 1. The molecule has 0 aliphatic carbocycles. The van der Waals surface area contributed by atoms with Crippen molar-refractivity contribution in [3.63, 3.8) is 0 Å². The van der Waals surface area contributed by atoms with Crippen LogP contribution in [0.5, 0.6) is 0 Å². The largest absolute Gasteiger partial charge is 0.316 e. The van der Waals surface area contributed by atoms with E-state index < -0.39 is 0 Å². The average molecular weight is 832 g/mol. The molecule has 0 N–H and O–H groups in total. The average Bonchev–Trinajstić information content (AvgIpc) is 3.95. The molecule has 10 aromatic carbocycles. The van der Waals surface area contributed by atoms with Crippen molar-refractivity contribution < 1.29 is 0 Å². The second-order valence-electron chi connectivity index (χ2n) is 16.6. The Morgan fingerprint density at radius 3 is 1.19 bits per heavy atom. The standard InChI is InChI=1S/C62H41NS/c1-5-15-42(16-6-1)49-33-50(43-17-7-2-8-18-43)36-53(35-49)48-27-31-60-57(39-48)59(54-37-51(44-19-9-3-10-20-44)34-52(38-54)45-21-11-4-12-22-45)41-63(60)55-29-25-46(26-30-55)47-28-32-62-58(40-47)56-23-13-14-24-61(56)64-62/h1-41H. The number of hydrogen-bond donors (Lipinski definition) is 0. The predicted octanol–water partition coefficient (Wildman–Crippen LogP) is 17.7. The first-order valence-corrected chi connectivity index (χ1v) is 22.7. The van der Waals surface area contributed by atoms with Gasteiger partial charge in [-0.2, -0.15) is 0 Å². The Morgan fingerprint density at radius 2 is 0.641 bits per heavy atom. The third-order valence-electron chi connectivity index (χ3n) is 12.6. The summed E-state index contributed by atoms with van der Waals surface area (Å²) in [6.45, 7) is 0. The van der Waals surface area contributed by atoms with Gasteiger partial charge in [-0.25, -0.2) is 0 Å². The Labute approximate surface area is 377 Å². The molecule has 0 amide bonds. The molecule has 0 unspecified atom stereocenters. The minimum absolute atomic E-state index is 1.12. The zero-order chi connectivity index (χ0) is 42.4. The molecule has 64 heavy (non-hydrogen) atoms. The van der Waals surface area contributed by atoms with Gasteiger partial charge in [0.05, 0.1) is 5.52 Å². The van der Waals surface area contributed by atoms with Crippen LogP contribution in [0.3, 0.4) is 0 Å². The first kappa shape index (κ1) is 37.7. The molecule has 1 nitrogen and oxygen atoms in total. The Morgan fingerprint density at radius 1 is 0.250 bits per heavy atom. The summed E-state index contributed by atoms with van der Waals surface area (Å²) in [5.74, 6) is 0. The van der Waals surface area contributed by atoms with E-state index in [1.807, 2.05) is 11.3 Å². The Kier molecular flexibility index (Phi) is 9.43. The highest BCUT2D eigenvalue weighted by Crippen LogP contribution is 2.42. The predicted molar refractivity (Wildman–Crippen MR) is 274 cm³/mol. The van der Waals surface area contributed by atoms with Crippen molar-refractivity contribution in [2.45, 2.75) is 0 Å². The maximum absolute atomic E-state index is 2.41. The SMILES string of the molecule is c1ccc(-c2cc(-c3ccccc3)cc(-c3ccc4c(c3)c(-c3cc(-c5ccccc5)cc(-c5ccccc5)c3)cn4-c3ccc(-c4ccc5sc6ccccc6c5c4)cc3)c2)cc1. The number of benzene rings is 10. The highest BCUT2D eigenvalue weighted by atomic mass is 32.1. The lowest BCUT2D eigenvalue weighted by molar-refractivity contribution is 1.13. The molecule has 300 valence electrons. The second-order valence-corrected chi connectivity index (χ2v) is 17.6. The summed E-state index contributed by atoms with van der Waals surface area (Å²) in [5, 5.41) is 3.84. The van der Waals surface area contributed by atoms with Crippen LogP contribution in [0.2, 0.25) is 0 Å². The molecule has 12 rings (SSSR count). The summed E-state index contributed by atoms with van der Waals surface area (Å²) in [5.41, 5.74) is 19.0. The molecule has 2 heteroatoms. The lowest BCUT2D eigenvalue weighted by Crippen LogP contribution is -1.92. The van der Waals surface area contributed by atoms with E-state index in [2.05, 4.69) is 253 Å². The maximum Gasteiger partial charge on any atom is 0.0535 e. The molecule has 0 aliphatic heterocycles. The van der Waals surface area contributed by atoms with Crippen molar-refractivity contribution in [3.05, 3.63) is 249 Å². The molecule has 0 bridgehead atoms. The van der Waals surface area contributed by atoms with Crippen LogP contribution in [-0.4, -0.2) is 4.57 Å². The third kappa shape index (κ3) is 7.01. The molecule has 0 spiro atoms. The number of nitrogens with zero attached hydrogens (tertiary/aromatic N) is 1. The van der Waals surface area contributed by atoms with E-state index in [0.717, 1.165) is 11.2 Å². The van der Waals surface area contributed by atoms with Crippen LogP contribution < -0.4 is 0 Å². The van der Waals surface area contributed by atoms with Crippen LogP contribution in [0.4, 0.5) is 0 Å². The Bertz CT molecular complexity index is 3510. The Hall–Kier alpha value is -8.04. The molecule has 12 aromatic rings. The minimum atomic E-state index is 1.12. The van der Waals surface area contributed by atoms with Crippen molar-refractivity contribution in [2.24, 2.45) is 0 Å². The van der Waals surface area contributed by atoms with Gasteiger partial charge in [0.15, 0.2) is 0 Å². The van der Waals surface area contributed by atoms with E-state index in [-0.39, 0.29) is 0 Å². The first-order chi connectivity index (χ1) is 31.7. The topological polar surface area (TPSA) is 4.93 Å². The van der Waals surface area contributed by atoms with Crippen molar-refractivity contribution in [1.82, 2.24) is 4.57 Å². The lowest BCUT2D eigenvalue weighted by Gasteiger charge is -2.13. The van der Waals surface area contributed by atoms with Crippen LogP contribution in [0.25, 0.3) is 115 Å². The van der Waals surface area contributed by atoms with Crippen molar-refractivity contribution in [1.29, 1.82) is 0 Å². The summed E-state index contributed by atoms with van der Waals surface area (Å²) in [6.07, 6.45) is 2.35. The molecule has 2 aromatic heterocycles. The van der Waals surface area contributed by atoms with Crippen molar-refractivity contribution in [3.8, 4) is 83.6 Å². The summed E-state index contributed by atoms with van der Waals surface area (Å²) in [7, 11) is 0. The molecular formula is C62H41NS. The van der Waals surface area contributed by atoms with Gasteiger partial charge in [0, 0.05) is 43.0 Å². The van der Waals surface area contributed by atoms with Crippen LogP contribution in [0.1, 0.15) is 0 Å². The van der Waals surface area contributed by atoms with Crippen LogP contribution in [-0.2, 0) is 0 Å². The maximum atomic E-state index is 2.41. The van der Waals surface area contributed by atoms with Gasteiger partial charge in [0.25, 0.3) is 0 Å². The highest BCUT2D eigenvalue weighted by Gasteiger charge is 2.17. The molecule has 0 radical (unpaired) electrons. The fourth-order valence-electron chi connectivity index (χ4n) is 9.34. The third-order valence-corrected chi connectivity index (χ3v) is 13.8. The van der Waals surface area contributed by atoms with Gasteiger partial charge in [0.1, 0.15) is 0 Å². The summed E-state index contributed by atoms with van der Waals surface area (Å²) < 4.78 is 5.03. The zero-order valence-corrected chi connectivity index (χ0v) is 35.8. The first-order valence-electron chi connectivity index (χ1n) is 21.9. The summed E-state index contributed by atoms with van der Waals surface area (Å²) in [4.78, 5) is 0. The van der Waals surface area contributed by atoms with Gasteiger partial charge in [-0.15, -0.1) is 11.3 Å². The van der Waals surface area contributed by atoms with E-state index in [0.29, 0.717) is 0 Å². The van der Waals surface area contributed by atoms with Crippen molar-refractivity contribution in [2.75, 3.05) is 0 Å². The molecular weight excluding hydrogens is 791 g/mol. The zero-order valence-electron chi connectivity index (χ0n) is 35.0. The van der Waals surface area contributed by atoms with E-state index >= 15 is 0 Å². The van der Waals surface area contributed by atoms with Crippen LogP contribution in [0.15, 0.2) is 249 Å². The molecule has 0 atom stereocenters. The number of fused-ring (bicyclic) bond motifs is 4. The fourth-order valence-corrected chi connectivity index (χ4v) is 10.4. The fraction of sp³-hybridized carbons (Fsp3) is 0. The number of rotatable bonds is 8. The molecule has 0 fully saturated rings. The van der Waals surface area contributed by atoms with Gasteiger partial charge >= 0.3 is 0 Å². The molecule has 2 heterocycles. The lowest BCUT2D eigenvalue weighted by atomic mass is 9.91. The Balaban J connectivity index is 1.04. The van der Waals surface area contributed by atoms with E-state index in [1.54, 1.807) is 0 Å². The smallest absolute Gasteiger partial charge is 0.0535 e. The van der Waals surface area contributed by atoms with E-state index in [9.17, 15) is 0 Å². The molecule has 0 saturated heterocycles. The van der Waals surface area contributed by atoms with Crippen LogP contribution >= 0.6 is 11.3 Å². The number of thiophene rings is 1. The van der Waals surface area contributed by atoms with Crippen molar-refractivity contribution >= 4 is 42.4 Å². The van der Waals surface area contributed by atoms with Gasteiger partial charge < -0.3 is 4.57 Å². The van der Waals surface area contributed by atoms with Gasteiger partial charge in [-0.3, -0.25) is 0 Å². The van der Waals surface area contributed by atoms with Gasteiger partial charge in [-0.05, 0) is 151 Å². The monoisotopic (exact) mass is 831 g/mol. The van der Waals surface area contributed by atoms with E-state index in [4.69, 9.17) is 0 Å². The molecule has 0 aliphatic rings. The summed E-state index contributed by atoms with van der Waals surface area (Å²) >= 11 is 1.86. The molecule has 0 saturated carbocycles. The van der Waals surface area contributed by atoms with Crippen LogP contribution in [0, 0.1) is 0 Å². The summed E-state index contributed by atoms with van der Waals surface area (Å²) in [6, 6.07) is 88.8. The normalized spacial score (nSPS) is 11.4. The highest BCUT2D eigenvalue weighted by molar-refractivity contribution is 7.25. The quantitative estimate of drug-likeness (QED) is 0.144. The number of aromatic nitrogens is 1. The van der Waals surface area contributed by atoms with Gasteiger partial charge in [0.2, 0.25) is 0 Å². The minimum Gasteiger partial charge on any atom is -0.316 e. The van der Waals surface area contributed by atoms with Gasteiger partial charge in [-0.1, -0.05) is 164 Å². The second kappa shape index (κ2) is 16.0.